The molecule has 170 valence electrons. The smallest absolute Gasteiger partial charge is 0.407 e. The molecule has 4 rings (SSSR count). The topological polar surface area (TPSA) is 105 Å². The van der Waals surface area contributed by atoms with E-state index in [1.165, 1.54) is 0 Å². The molecule has 0 radical (unpaired) electrons. The average molecular weight is 447 g/mol. The Bertz CT molecular complexity index is 1060. The molecule has 2 aromatic carbocycles. The number of benzene rings is 2. The highest BCUT2D eigenvalue weighted by molar-refractivity contribution is 5.85. The van der Waals surface area contributed by atoms with Crippen molar-refractivity contribution >= 4 is 18.0 Å². The van der Waals surface area contributed by atoms with Crippen LogP contribution in [0.2, 0.25) is 0 Å². The number of carboxylic acid groups (broad SMARTS) is 1. The molecule has 2 aliphatic rings. The summed E-state index contributed by atoms with van der Waals surface area (Å²) in [4.78, 5) is 36.1. The Kier molecular flexibility index (Phi) is 6.64. The summed E-state index contributed by atoms with van der Waals surface area (Å²) in [6.45, 7) is 0.225. The van der Waals surface area contributed by atoms with E-state index in [4.69, 9.17) is 16.3 Å². The lowest BCUT2D eigenvalue weighted by Crippen LogP contribution is -2.43. The number of alkyl carbamates (subject to hydrolysis) is 1. The second kappa shape index (κ2) is 9.78. The van der Waals surface area contributed by atoms with Crippen LogP contribution in [0.25, 0.3) is 11.1 Å². The molecule has 1 saturated carbocycles. The van der Waals surface area contributed by atoms with E-state index in [1.807, 2.05) is 24.3 Å². The molecule has 3 N–H and O–H groups in total. The quantitative estimate of drug-likeness (QED) is 0.566. The molecule has 0 aliphatic heterocycles. The fourth-order valence-corrected chi connectivity index (χ4v) is 4.76. The molecule has 33 heavy (non-hydrogen) atoms. The molecule has 0 saturated heterocycles. The third-order valence-electron chi connectivity index (χ3n) is 6.41. The lowest BCUT2D eigenvalue weighted by molar-refractivity contribution is -0.142. The van der Waals surface area contributed by atoms with Gasteiger partial charge >= 0.3 is 12.1 Å². The van der Waals surface area contributed by atoms with Gasteiger partial charge in [-0.05, 0) is 41.5 Å². The van der Waals surface area contributed by atoms with E-state index in [1.54, 1.807) is 0 Å². The Hall–Kier alpha value is -3.79. The number of carbonyl (C=O) groups is 3. The van der Waals surface area contributed by atoms with Crippen molar-refractivity contribution in [2.45, 2.75) is 43.7 Å². The number of hydrogen-bond donors (Lipinski definition) is 3. The minimum absolute atomic E-state index is 0.0191. The number of amides is 2. The molecule has 1 fully saturated rings. The Morgan fingerprint density at radius 2 is 1.70 bits per heavy atom. The van der Waals surface area contributed by atoms with Gasteiger partial charge in [-0.15, -0.1) is 12.3 Å². The van der Waals surface area contributed by atoms with Crippen molar-refractivity contribution in [2.75, 3.05) is 6.61 Å². The maximum Gasteiger partial charge on any atom is 0.407 e. The monoisotopic (exact) mass is 446 g/mol. The zero-order valence-corrected chi connectivity index (χ0v) is 18.1. The van der Waals surface area contributed by atoms with Crippen LogP contribution in [0.3, 0.4) is 0 Å². The summed E-state index contributed by atoms with van der Waals surface area (Å²) < 4.78 is 5.57. The molecule has 1 unspecified atom stereocenters. The summed E-state index contributed by atoms with van der Waals surface area (Å²) in [5, 5.41) is 14.5. The van der Waals surface area contributed by atoms with Crippen molar-refractivity contribution in [1.29, 1.82) is 0 Å². The number of fused-ring (bicyclic) bond motifs is 3. The van der Waals surface area contributed by atoms with Crippen LogP contribution in [0.1, 0.15) is 42.7 Å². The fourth-order valence-electron chi connectivity index (χ4n) is 4.76. The summed E-state index contributed by atoms with van der Waals surface area (Å²) in [5.41, 5.74) is 4.61. The van der Waals surface area contributed by atoms with Crippen LogP contribution in [0, 0.1) is 18.3 Å². The van der Waals surface area contributed by atoms with Crippen LogP contribution in [-0.4, -0.2) is 41.8 Å². The number of carboxylic acids is 1. The number of rotatable bonds is 7. The molecular weight excluding hydrogens is 420 g/mol. The largest absolute Gasteiger partial charge is 0.480 e. The van der Waals surface area contributed by atoms with Gasteiger partial charge in [0.2, 0.25) is 5.91 Å². The van der Waals surface area contributed by atoms with Gasteiger partial charge in [-0.3, -0.25) is 4.79 Å². The van der Waals surface area contributed by atoms with Crippen molar-refractivity contribution in [3.8, 4) is 23.5 Å². The highest BCUT2D eigenvalue weighted by Gasteiger charge is 2.34. The second-order valence-corrected chi connectivity index (χ2v) is 8.48. The molecule has 7 nitrogen and oxygen atoms in total. The molecule has 0 heterocycles. The number of terminal acetylenes is 1. The van der Waals surface area contributed by atoms with Gasteiger partial charge in [0.25, 0.3) is 0 Å². The zero-order valence-electron chi connectivity index (χ0n) is 18.1. The van der Waals surface area contributed by atoms with Gasteiger partial charge in [0.15, 0.2) is 0 Å². The summed E-state index contributed by atoms with van der Waals surface area (Å²) in [7, 11) is 0. The molecule has 0 spiro atoms. The lowest BCUT2D eigenvalue weighted by atomic mass is 9.98. The van der Waals surface area contributed by atoms with Crippen molar-refractivity contribution in [2.24, 2.45) is 5.92 Å². The zero-order chi connectivity index (χ0) is 23.4. The van der Waals surface area contributed by atoms with Crippen molar-refractivity contribution < 1.29 is 24.2 Å². The lowest BCUT2D eigenvalue weighted by Gasteiger charge is -2.18. The third-order valence-corrected chi connectivity index (χ3v) is 6.41. The minimum Gasteiger partial charge on any atom is -0.480 e. The third kappa shape index (κ3) is 4.85. The first kappa shape index (κ1) is 22.4. The highest BCUT2D eigenvalue weighted by Crippen LogP contribution is 2.44. The summed E-state index contributed by atoms with van der Waals surface area (Å²) in [5.74, 6) is 0.358. The van der Waals surface area contributed by atoms with E-state index >= 15 is 0 Å². The van der Waals surface area contributed by atoms with Gasteiger partial charge in [-0.25, -0.2) is 9.59 Å². The molecule has 7 heteroatoms. The fraction of sp³-hybridized carbons (Fsp3) is 0.346. The first-order valence-corrected chi connectivity index (χ1v) is 11.1. The number of nitrogens with one attached hydrogen (secondary N) is 2. The molecular formula is C26H26N2O5. The molecule has 2 aromatic rings. The van der Waals surface area contributed by atoms with Gasteiger partial charge in [0.05, 0.1) is 0 Å². The molecule has 0 aromatic heterocycles. The van der Waals surface area contributed by atoms with Gasteiger partial charge in [0, 0.05) is 24.3 Å². The highest BCUT2D eigenvalue weighted by atomic mass is 16.5. The van der Waals surface area contributed by atoms with E-state index in [0.717, 1.165) is 22.3 Å². The van der Waals surface area contributed by atoms with Crippen LogP contribution < -0.4 is 10.6 Å². The Morgan fingerprint density at radius 1 is 1.06 bits per heavy atom. The van der Waals surface area contributed by atoms with Crippen molar-refractivity contribution in [1.82, 2.24) is 10.6 Å². The molecule has 2 aliphatic carbocycles. The predicted molar refractivity (Wildman–Crippen MR) is 122 cm³/mol. The van der Waals surface area contributed by atoms with Gasteiger partial charge < -0.3 is 20.5 Å². The summed E-state index contributed by atoms with van der Waals surface area (Å²) >= 11 is 0. The van der Waals surface area contributed by atoms with E-state index in [2.05, 4.69) is 40.8 Å². The Balaban J connectivity index is 1.30. The molecule has 0 bridgehead atoms. The standard InChI is InChI=1S/C26H26N2O5/c1-2-7-23(25(30)31)28-24(29)16-12-13-17(14-16)27-26(32)33-15-22-20-10-5-3-8-18(20)19-9-4-6-11-21(19)22/h1,3-6,8-11,16-17,22-23H,7,12-15H2,(H,27,32)(H,28,29)(H,30,31)/t16-,17+,23?/m1/s1. The first-order valence-electron chi connectivity index (χ1n) is 11.1. The Morgan fingerprint density at radius 3 is 2.30 bits per heavy atom. The normalized spacial score (nSPS) is 19.6. The summed E-state index contributed by atoms with van der Waals surface area (Å²) in [6.07, 6.45) is 6.19. The van der Waals surface area contributed by atoms with Crippen LogP contribution in [0.5, 0.6) is 0 Å². The van der Waals surface area contributed by atoms with E-state index in [0.29, 0.717) is 19.3 Å². The van der Waals surface area contributed by atoms with Gasteiger partial charge in [-0.1, -0.05) is 48.5 Å². The number of hydrogen-bond acceptors (Lipinski definition) is 4. The van der Waals surface area contributed by atoms with E-state index in [-0.39, 0.29) is 36.8 Å². The predicted octanol–water partition coefficient (Wildman–Crippen LogP) is 3.29. The second-order valence-electron chi connectivity index (χ2n) is 8.48. The van der Waals surface area contributed by atoms with Gasteiger partial charge in [0.1, 0.15) is 12.6 Å². The van der Waals surface area contributed by atoms with E-state index < -0.39 is 18.1 Å². The SMILES string of the molecule is C#CCC(NC(=O)[C@@H]1CC[C@H](NC(=O)OCC2c3ccccc3-c3ccccc32)C1)C(=O)O. The maximum atomic E-state index is 12.5. The maximum absolute atomic E-state index is 12.5. The number of carbonyl (C=O) groups excluding carboxylic acids is 2. The first-order chi connectivity index (χ1) is 16.0. The number of aliphatic carboxylic acids is 1. The minimum atomic E-state index is -1.16. The van der Waals surface area contributed by atoms with Gasteiger partial charge in [-0.2, -0.15) is 0 Å². The molecule has 3 atom stereocenters. The van der Waals surface area contributed by atoms with Crippen LogP contribution in [-0.2, 0) is 14.3 Å². The van der Waals surface area contributed by atoms with Crippen LogP contribution in [0.4, 0.5) is 4.79 Å². The Labute approximate surface area is 192 Å². The van der Waals surface area contributed by atoms with Crippen LogP contribution >= 0.6 is 0 Å². The number of ether oxygens (including phenoxy) is 1. The molecule has 2 amide bonds. The van der Waals surface area contributed by atoms with Crippen LogP contribution in [0.15, 0.2) is 48.5 Å². The summed E-state index contributed by atoms with van der Waals surface area (Å²) in [6, 6.07) is 15.0. The average Bonchev–Trinajstić information content (AvgIpc) is 3.40. The van der Waals surface area contributed by atoms with E-state index in [9.17, 15) is 14.4 Å². The van der Waals surface area contributed by atoms with Crippen molar-refractivity contribution in [3.05, 3.63) is 59.7 Å². The van der Waals surface area contributed by atoms with Crippen molar-refractivity contribution in [3.63, 3.8) is 0 Å².